The van der Waals surface area contributed by atoms with E-state index in [9.17, 15) is 4.79 Å². The van der Waals surface area contributed by atoms with E-state index in [1.165, 1.54) is 19.3 Å². The molecule has 2 saturated heterocycles. The van der Waals surface area contributed by atoms with Gasteiger partial charge >= 0.3 is 11.8 Å². The molecular weight excluding hydrogens is 280 g/mol. The third kappa shape index (κ3) is 3.06. The van der Waals surface area contributed by atoms with Crippen LogP contribution in [0.3, 0.4) is 0 Å². The second-order valence-electron chi connectivity index (χ2n) is 6.22. The van der Waals surface area contributed by atoms with E-state index in [1.54, 1.807) is 4.90 Å². The van der Waals surface area contributed by atoms with Gasteiger partial charge in [-0.1, -0.05) is 18.6 Å². The fourth-order valence-corrected chi connectivity index (χ4v) is 3.27. The molecule has 3 heterocycles. The number of likely N-dealkylation sites (tertiary alicyclic amines) is 2. The fraction of sp³-hybridized carbons (Fsp3) is 0.688. The highest BCUT2D eigenvalue weighted by atomic mass is 16.4. The number of carbonyl (C=O) groups is 1. The fourth-order valence-electron chi connectivity index (χ4n) is 3.27. The third-order valence-corrected chi connectivity index (χ3v) is 4.65. The summed E-state index contributed by atoms with van der Waals surface area (Å²) >= 11 is 0. The molecule has 0 aromatic carbocycles. The van der Waals surface area contributed by atoms with E-state index >= 15 is 0 Å². The van der Waals surface area contributed by atoms with Gasteiger partial charge in [0, 0.05) is 31.6 Å². The minimum atomic E-state index is -0.139. The Balaban J connectivity index is 1.53. The highest BCUT2D eigenvalue weighted by molar-refractivity contribution is 5.90. The molecule has 0 saturated carbocycles. The Morgan fingerprint density at radius 2 is 2.18 bits per heavy atom. The molecule has 22 heavy (non-hydrogen) atoms. The second-order valence-corrected chi connectivity index (χ2v) is 6.22. The van der Waals surface area contributed by atoms with E-state index in [4.69, 9.17) is 4.42 Å². The Labute approximate surface area is 131 Å². The molecule has 2 aliphatic heterocycles. The van der Waals surface area contributed by atoms with Crippen LogP contribution in [0, 0.1) is 0 Å². The second kappa shape index (κ2) is 6.60. The lowest BCUT2D eigenvalue weighted by Crippen LogP contribution is -2.63. The number of carbonyl (C=O) groups excluding carboxylic acids is 1. The summed E-state index contributed by atoms with van der Waals surface area (Å²) in [5, 5.41) is 7.78. The predicted molar refractivity (Wildman–Crippen MR) is 82.5 cm³/mol. The number of aromatic nitrogens is 2. The molecule has 2 fully saturated rings. The first-order valence-electron chi connectivity index (χ1n) is 8.17. The molecule has 6 nitrogen and oxygen atoms in total. The largest absolute Gasteiger partial charge is 0.417 e. The number of hydrogen-bond donors (Lipinski definition) is 0. The number of allylic oxidation sites excluding steroid dienone is 2. The van der Waals surface area contributed by atoms with Crippen LogP contribution in [0.5, 0.6) is 0 Å². The van der Waals surface area contributed by atoms with Crippen molar-refractivity contribution >= 4 is 5.91 Å². The zero-order chi connectivity index (χ0) is 15.5. The standard InChI is InChI=1S/C16H24N4O2/c1-3-4-8-14-17-18-15(22-14)16(21)19-10-13(11-19)20-9-6-5-7-12(20)2/h3-4,12-13H,5-11H2,1-2H3/b4-3+/t12-/m1/s1. The van der Waals surface area contributed by atoms with Crippen LogP contribution < -0.4 is 0 Å². The maximum absolute atomic E-state index is 12.3. The van der Waals surface area contributed by atoms with Crippen molar-refractivity contribution in [3.05, 3.63) is 23.9 Å². The van der Waals surface area contributed by atoms with E-state index in [0.717, 1.165) is 19.6 Å². The van der Waals surface area contributed by atoms with Gasteiger partial charge in [0.15, 0.2) is 0 Å². The van der Waals surface area contributed by atoms with Crippen molar-refractivity contribution in [2.45, 2.75) is 51.6 Å². The molecular formula is C16H24N4O2. The van der Waals surface area contributed by atoms with Crippen LogP contribution in [-0.4, -0.2) is 57.6 Å². The SMILES string of the molecule is C/C=C/Cc1nnc(C(=O)N2CC(N3CCCC[C@H]3C)C2)o1. The van der Waals surface area contributed by atoms with Crippen LogP contribution >= 0.6 is 0 Å². The first kappa shape index (κ1) is 15.2. The first-order valence-corrected chi connectivity index (χ1v) is 8.17. The molecule has 0 aliphatic carbocycles. The Hall–Kier alpha value is -1.69. The lowest BCUT2D eigenvalue weighted by atomic mass is 9.97. The summed E-state index contributed by atoms with van der Waals surface area (Å²) in [7, 11) is 0. The highest BCUT2D eigenvalue weighted by Crippen LogP contribution is 2.25. The van der Waals surface area contributed by atoms with Crippen molar-refractivity contribution in [3.8, 4) is 0 Å². The molecule has 0 N–H and O–H groups in total. The van der Waals surface area contributed by atoms with E-state index in [1.807, 2.05) is 19.1 Å². The van der Waals surface area contributed by atoms with Gasteiger partial charge in [-0.15, -0.1) is 10.2 Å². The van der Waals surface area contributed by atoms with Crippen LogP contribution in [0.25, 0.3) is 0 Å². The van der Waals surface area contributed by atoms with Crippen molar-refractivity contribution in [1.29, 1.82) is 0 Å². The number of piperidine rings is 1. The average molecular weight is 304 g/mol. The van der Waals surface area contributed by atoms with Crippen LogP contribution in [0.15, 0.2) is 16.6 Å². The number of rotatable bonds is 4. The zero-order valence-electron chi connectivity index (χ0n) is 13.4. The highest BCUT2D eigenvalue weighted by Gasteiger charge is 2.39. The summed E-state index contributed by atoms with van der Waals surface area (Å²) in [6.07, 6.45) is 8.29. The topological polar surface area (TPSA) is 62.5 Å². The summed E-state index contributed by atoms with van der Waals surface area (Å²) in [5.74, 6) is 0.466. The lowest BCUT2D eigenvalue weighted by molar-refractivity contribution is 0.0000365. The van der Waals surface area contributed by atoms with Crippen LogP contribution in [-0.2, 0) is 6.42 Å². The Kier molecular flexibility index (Phi) is 4.57. The molecule has 1 amide bonds. The molecule has 6 heteroatoms. The predicted octanol–water partition coefficient (Wildman–Crippen LogP) is 1.89. The molecule has 1 aromatic heterocycles. The van der Waals surface area contributed by atoms with Crippen LogP contribution in [0.1, 0.15) is 49.7 Å². The number of nitrogens with zero attached hydrogens (tertiary/aromatic N) is 4. The molecule has 120 valence electrons. The van der Waals surface area contributed by atoms with Crippen molar-refractivity contribution in [2.75, 3.05) is 19.6 Å². The van der Waals surface area contributed by atoms with Gasteiger partial charge in [-0.2, -0.15) is 0 Å². The maximum atomic E-state index is 12.3. The van der Waals surface area contributed by atoms with Gasteiger partial charge in [-0.25, -0.2) is 0 Å². The van der Waals surface area contributed by atoms with Gasteiger partial charge in [-0.3, -0.25) is 9.69 Å². The quantitative estimate of drug-likeness (QED) is 0.795. The van der Waals surface area contributed by atoms with Gasteiger partial charge in [-0.05, 0) is 33.2 Å². The van der Waals surface area contributed by atoms with E-state index in [2.05, 4.69) is 22.0 Å². The maximum Gasteiger partial charge on any atom is 0.311 e. The summed E-state index contributed by atoms with van der Waals surface area (Å²) in [4.78, 5) is 16.7. The molecule has 0 bridgehead atoms. The summed E-state index contributed by atoms with van der Waals surface area (Å²) in [6, 6.07) is 1.12. The Morgan fingerprint density at radius 1 is 1.36 bits per heavy atom. The van der Waals surface area contributed by atoms with Crippen molar-refractivity contribution in [1.82, 2.24) is 20.0 Å². The van der Waals surface area contributed by atoms with Gasteiger partial charge in [0.05, 0.1) is 0 Å². The molecule has 1 atom stereocenters. The normalized spacial score (nSPS) is 23.9. The van der Waals surface area contributed by atoms with E-state index < -0.39 is 0 Å². The lowest BCUT2D eigenvalue weighted by Gasteiger charge is -2.48. The molecule has 0 spiro atoms. The summed E-state index contributed by atoms with van der Waals surface area (Å²) < 4.78 is 5.43. The van der Waals surface area contributed by atoms with Gasteiger partial charge < -0.3 is 9.32 Å². The van der Waals surface area contributed by atoms with Crippen LogP contribution in [0.2, 0.25) is 0 Å². The third-order valence-electron chi connectivity index (χ3n) is 4.65. The molecule has 2 aliphatic rings. The van der Waals surface area contributed by atoms with Crippen molar-refractivity contribution in [2.24, 2.45) is 0 Å². The van der Waals surface area contributed by atoms with Gasteiger partial charge in [0.2, 0.25) is 5.89 Å². The Morgan fingerprint density at radius 3 is 2.91 bits per heavy atom. The molecule has 3 rings (SSSR count). The van der Waals surface area contributed by atoms with E-state index in [-0.39, 0.29) is 11.8 Å². The summed E-state index contributed by atoms with van der Waals surface area (Å²) in [6.45, 7) is 6.92. The van der Waals surface area contributed by atoms with Crippen molar-refractivity contribution in [3.63, 3.8) is 0 Å². The van der Waals surface area contributed by atoms with Gasteiger partial charge in [0.25, 0.3) is 0 Å². The minimum Gasteiger partial charge on any atom is -0.417 e. The molecule has 1 aromatic rings. The van der Waals surface area contributed by atoms with E-state index in [0.29, 0.717) is 24.4 Å². The zero-order valence-corrected chi connectivity index (χ0v) is 13.4. The molecule has 0 radical (unpaired) electrons. The Bertz CT molecular complexity index is 548. The van der Waals surface area contributed by atoms with Crippen LogP contribution in [0.4, 0.5) is 0 Å². The van der Waals surface area contributed by atoms with Crippen molar-refractivity contribution < 1.29 is 9.21 Å². The first-order chi connectivity index (χ1) is 10.7. The minimum absolute atomic E-state index is 0.115. The number of amides is 1. The average Bonchev–Trinajstić information content (AvgIpc) is 2.94. The smallest absolute Gasteiger partial charge is 0.311 e. The summed E-state index contributed by atoms with van der Waals surface area (Å²) in [5.41, 5.74) is 0. The monoisotopic (exact) mass is 304 g/mol. The molecule has 0 unspecified atom stereocenters. The number of hydrogen-bond acceptors (Lipinski definition) is 5. The van der Waals surface area contributed by atoms with Gasteiger partial charge in [0.1, 0.15) is 0 Å².